The Morgan fingerprint density at radius 2 is 1.90 bits per heavy atom. The van der Waals surface area contributed by atoms with Gasteiger partial charge in [0.2, 0.25) is 5.91 Å². The summed E-state index contributed by atoms with van der Waals surface area (Å²) in [6, 6.07) is 9.27. The summed E-state index contributed by atoms with van der Waals surface area (Å²) in [6.07, 6.45) is 0.649. The molecule has 0 aliphatic carbocycles. The number of aliphatic carboxylic acids is 1. The number of nitrogens with one attached hydrogen (secondary N) is 1. The normalized spacial score (nSPS) is 10.9. The van der Waals surface area contributed by atoms with E-state index in [9.17, 15) is 9.59 Å². The van der Waals surface area contributed by atoms with Crippen LogP contribution in [-0.4, -0.2) is 30.1 Å². The van der Waals surface area contributed by atoms with Crippen LogP contribution in [0.3, 0.4) is 0 Å². The van der Waals surface area contributed by atoms with Crippen LogP contribution >= 0.6 is 0 Å². The highest BCUT2D eigenvalue weighted by Gasteiger charge is 2.26. The van der Waals surface area contributed by atoms with E-state index in [1.54, 1.807) is 13.8 Å². The van der Waals surface area contributed by atoms with Gasteiger partial charge in [0, 0.05) is 6.54 Å². The Hall–Kier alpha value is -2.04. The third-order valence-corrected chi connectivity index (χ3v) is 2.99. The monoisotopic (exact) mass is 279 g/mol. The van der Waals surface area contributed by atoms with Gasteiger partial charge in [0.05, 0.1) is 18.4 Å². The molecule has 1 aromatic carbocycles. The maximum absolute atomic E-state index is 11.6. The van der Waals surface area contributed by atoms with Gasteiger partial charge in [-0.05, 0) is 32.4 Å². The summed E-state index contributed by atoms with van der Waals surface area (Å²) >= 11 is 0. The molecule has 0 heterocycles. The minimum atomic E-state index is -0.862. The van der Waals surface area contributed by atoms with Crippen LogP contribution in [-0.2, 0) is 9.59 Å². The van der Waals surface area contributed by atoms with Gasteiger partial charge in [-0.3, -0.25) is 9.59 Å². The summed E-state index contributed by atoms with van der Waals surface area (Å²) in [5, 5.41) is 11.6. The van der Waals surface area contributed by atoms with E-state index >= 15 is 0 Å². The van der Waals surface area contributed by atoms with E-state index in [4.69, 9.17) is 9.84 Å². The van der Waals surface area contributed by atoms with Gasteiger partial charge in [-0.15, -0.1) is 0 Å². The molecule has 0 aliphatic rings. The van der Waals surface area contributed by atoms with Crippen LogP contribution in [0.4, 0.5) is 0 Å². The predicted octanol–water partition coefficient (Wildman–Crippen LogP) is 2.07. The Kier molecular flexibility index (Phi) is 6.03. The van der Waals surface area contributed by atoms with Crippen LogP contribution in [0.1, 0.15) is 26.7 Å². The summed E-state index contributed by atoms with van der Waals surface area (Å²) in [4.78, 5) is 22.4. The summed E-state index contributed by atoms with van der Waals surface area (Å²) in [5.41, 5.74) is -0.826. The molecular weight excluding hydrogens is 258 g/mol. The number of hydrogen-bond acceptors (Lipinski definition) is 3. The molecule has 5 heteroatoms. The van der Waals surface area contributed by atoms with E-state index in [1.165, 1.54) is 0 Å². The van der Waals surface area contributed by atoms with E-state index in [1.807, 2.05) is 30.3 Å². The van der Waals surface area contributed by atoms with Gasteiger partial charge in [-0.25, -0.2) is 0 Å². The van der Waals surface area contributed by atoms with Gasteiger partial charge < -0.3 is 15.2 Å². The summed E-state index contributed by atoms with van der Waals surface area (Å²) in [6.45, 7) is 3.93. The van der Waals surface area contributed by atoms with E-state index in [0.29, 0.717) is 19.6 Å². The standard InChI is InChI=1S/C15H21NO4/c1-15(2,14(18)19)9-10-16-13(17)8-11-20-12-6-4-3-5-7-12/h3-7H,8-11H2,1-2H3,(H,16,17)(H,18,19). The Balaban J connectivity index is 2.17. The van der Waals surface area contributed by atoms with Crippen molar-refractivity contribution in [2.24, 2.45) is 5.41 Å². The van der Waals surface area contributed by atoms with Gasteiger partial charge in [-0.2, -0.15) is 0 Å². The molecule has 0 saturated heterocycles. The third kappa shape index (κ3) is 5.73. The zero-order chi connectivity index (χ0) is 15.0. The van der Waals surface area contributed by atoms with Crippen molar-refractivity contribution in [1.29, 1.82) is 0 Å². The smallest absolute Gasteiger partial charge is 0.309 e. The Bertz CT molecular complexity index is 442. The molecule has 0 unspecified atom stereocenters. The summed E-state index contributed by atoms with van der Waals surface area (Å²) in [5.74, 6) is -0.270. The second-order valence-electron chi connectivity index (χ2n) is 5.20. The second-order valence-corrected chi connectivity index (χ2v) is 5.20. The topological polar surface area (TPSA) is 75.6 Å². The first-order valence-corrected chi connectivity index (χ1v) is 6.60. The molecule has 110 valence electrons. The van der Waals surface area contributed by atoms with Crippen molar-refractivity contribution in [2.75, 3.05) is 13.2 Å². The van der Waals surface area contributed by atoms with Crippen LogP contribution in [0.25, 0.3) is 0 Å². The largest absolute Gasteiger partial charge is 0.493 e. The van der Waals surface area contributed by atoms with Crippen molar-refractivity contribution >= 4 is 11.9 Å². The zero-order valence-electron chi connectivity index (χ0n) is 11.9. The maximum atomic E-state index is 11.6. The highest BCUT2D eigenvalue weighted by molar-refractivity contribution is 5.76. The fourth-order valence-corrected chi connectivity index (χ4v) is 1.49. The molecule has 5 nitrogen and oxygen atoms in total. The third-order valence-electron chi connectivity index (χ3n) is 2.99. The fraction of sp³-hybridized carbons (Fsp3) is 0.467. The quantitative estimate of drug-likeness (QED) is 0.764. The molecule has 1 amide bonds. The Labute approximate surface area is 118 Å². The summed E-state index contributed by atoms with van der Waals surface area (Å²) < 4.78 is 5.41. The Morgan fingerprint density at radius 3 is 2.50 bits per heavy atom. The molecule has 0 fully saturated rings. The van der Waals surface area contributed by atoms with Crippen molar-refractivity contribution in [3.05, 3.63) is 30.3 Å². The van der Waals surface area contributed by atoms with Crippen LogP contribution in [0.2, 0.25) is 0 Å². The van der Waals surface area contributed by atoms with Crippen LogP contribution in [0.15, 0.2) is 30.3 Å². The van der Waals surface area contributed by atoms with E-state index in [2.05, 4.69) is 5.32 Å². The maximum Gasteiger partial charge on any atom is 0.309 e. The SMILES string of the molecule is CC(C)(CCNC(=O)CCOc1ccccc1)C(=O)O. The number of carbonyl (C=O) groups excluding carboxylic acids is 1. The molecular formula is C15H21NO4. The molecule has 0 bridgehead atoms. The molecule has 2 N–H and O–H groups in total. The minimum Gasteiger partial charge on any atom is -0.493 e. The molecule has 0 spiro atoms. The number of ether oxygens (including phenoxy) is 1. The number of amides is 1. The number of carbonyl (C=O) groups is 2. The van der Waals surface area contributed by atoms with Gasteiger partial charge in [-0.1, -0.05) is 18.2 Å². The molecule has 1 rings (SSSR count). The van der Waals surface area contributed by atoms with Crippen LogP contribution in [0, 0.1) is 5.41 Å². The highest BCUT2D eigenvalue weighted by Crippen LogP contribution is 2.19. The first-order valence-electron chi connectivity index (χ1n) is 6.60. The van der Waals surface area contributed by atoms with E-state index in [-0.39, 0.29) is 12.3 Å². The lowest BCUT2D eigenvalue weighted by Gasteiger charge is -2.18. The lowest BCUT2D eigenvalue weighted by atomic mass is 9.90. The number of carboxylic acids is 1. The molecule has 1 aromatic rings. The number of para-hydroxylation sites is 1. The van der Waals surface area contributed by atoms with Gasteiger partial charge >= 0.3 is 5.97 Å². The van der Waals surface area contributed by atoms with Crippen molar-refractivity contribution in [3.63, 3.8) is 0 Å². The lowest BCUT2D eigenvalue weighted by molar-refractivity contribution is -0.147. The first-order chi connectivity index (χ1) is 9.42. The van der Waals surface area contributed by atoms with E-state index < -0.39 is 11.4 Å². The average molecular weight is 279 g/mol. The van der Waals surface area contributed by atoms with E-state index in [0.717, 1.165) is 5.75 Å². The van der Waals surface area contributed by atoms with Gasteiger partial charge in [0.15, 0.2) is 0 Å². The first kappa shape index (κ1) is 16.0. The fourth-order valence-electron chi connectivity index (χ4n) is 1.49. The van der Waals surface area contributed by atoms with Crippen molar-refractivity contribution in [2.45, 2.75) is 26.7 Å². The summed E-state index contributed by atoms with van der Waals surface area (Å²) in [7, 11) is 0. The van der Waals surface area contributed by atoms with Crippen molar-refractivity contribution < 1.29 is 19.4 Å². The molecule has 0 aliphatic heterocycles. The average Bonchev–Trinajstić information content (AvgIpc) is 2.39. The predicted molar refractivity (Wildman–Crippen MR) is 75.6 cm³/mol. The Morgan fingerprint density at radius 1 is 1.25 bits per heavy atom. The lowest BCUT2D eigenvalue weighted by Crippen LogP contribution is -2.32. The highest BCUT2D eigenvalue weighted by atomic mass is 16.5. The molecule has 0 aromatic heterocycles. The van der Waals surface area contributed by atoms with Gasteiger partial charge in [0.1, 0.15) is 5.75 Å². The van der Waals surface area contributed by atoms with Gasteiger partial charge in [0.25, 0.3) is 0 Å². The van der Waals surface area contributed by atoms with Crippen LogP contribution < -0.4 is 10.1 Å². The number of carboxylic acid groups (broad SMARTS) is 1. The number of hydrogen-bond donors (Lipinski definition) is 2. The number of rotatable bonds is 8. The van der Waals surface area contributed by atoms with Crippen LogP contribution in [0.5, 0.6) is 5.75 Å². The molecule has 0 radical (unpaired) electrons. The minimum absolute atomic E-state index is 0.137. The molecule has 0 saturated carbocycles. The van der Waals surface area contributed by atoms with Crippen molar-refractivity contribution in [1.82, 2.24) is 5.32 Å². The molecule has 20 heavy (non-hydrogen) atoms. The zero-order valence-corrected chi connectivity index (χ0v) is 11.9. The van der Waals surface area contributed by atoms with Crippen molar-refractivity contribution in [3.8, 4) is 5.75 Å². The second kappa shape index (κ2) is 7.53. The molecule has 0 atom stereocenters. The number of benzene rings is 1.